The number of morpholine rings is 1. The van der Waals surface area contributed by atoms with Gasteiger partial charge in [0.2, 0.25) is 0 Å². The maximum absolute atomic E-state index is 11.1. The van der Waals surface area contributed by atoms with E-state index in [9.17, 15) is 4.79 Å². The second-order valence-electron chi connectivity index (χ2n) is 4.85. The summed E-state index contributed by atoms with van der Waals surface area (Å²) in [7, 11) is 3.32. The molecule has 0 bridgehead atoms. The van der Waals surface area contributed by atoms with Crippen LogP contribution < -0.4 is 0 Å². The van der Waals surface area contributed by atoms with Crippen LogP contribution in [0.2, 0.25) is 0 Å². The van der Waals surface area contributed by atoms with Gasteiger partial charge in [-0.25, -0.2) is 0 Å². The van der Waals surface area contributed by atoms with Crippen LogP contribution in [0.5, 0.6) is 0 Å². The van der Waals surface area contributed by atoms with Gasteiger partial charge in [0.1, 0.15) is 0 Å². The van der Waals surface area contributed by atoms with Gasteiger partial charge in [0, 0.05) is 25.7 Å². The number of rotatable bonds is 5. The van der Waals surface area contributed by atoms with Gasteiger partial charge in [-0.15, -0.1) is 0 Å². The number of carbonyl (C=O) groups is 1. The Morgan fingerprint density at radius 1 is 1.59 bits per heavy atom. The normalized spacial score (nSPS) is 22.1. The van der Waals surface area contributed by atoms with Gasteiger partial charge in [0.15, 0.2) is 0 Å². The van der Waals surface area contributed by atoms with Crippen molar-refractivity contribution < 1.29 is 14.3 Å². The van der Waals surface area contributed by atoms with Gasteiger partial charge in [-0.2, -0.15) is 0 Å². The number of likely N-dealkylation sites (N-methyl/N-ethyl adjacent to an activating group) is 1. The van der Waals surface area contributed by atoms with E-state index in [0.717, 1.165) is 26.2 Å². The van der Waals surface area contributed by atoms with Gasteiger partial charge in [0.25, 0.3) is 0 Å². The van der Waals surface area contributed by atoms with E-state index in [1.807, 2.05) is 11.9 Å². The van der Waals surface area contributed by atoms with Crippen LogP contribution in [0.15, 0.2) is 0 Å². The summed E-state index contributed by atoms with van der Waals surface area (Å²) in [6.45, 7) is 8.17. The summed E-state index contributed by atoms with van der Waals surface area (Å²) in [5, 5.41) is 0. The highest BCUT2D eigenvalue weighted by molar-refractivity contribution is 5.71. The zero-order chi connectivity index (χ0) is 12.8. The lowest BCUT2D eigenvalue weighted by molar-refractivity contribution is -0.142. The minimum atomic E-state index is -0.205. The first-order valence-corrected chi connectivity index (χ1v) is 6.14. The molecule has 1 unspecified atom stereocenters. The Balaban J connectivity index is 2.33. The first kappa shape index (κ1) is 14.4. The first-order chi connectivity index (χ1) is 8.02. The molecule has 0 aliphatic carbocycles. The predicted molar refractivity (Wildman–Crippen MR) is 66.0 cm³/mol. The van der Waals surface area contributed by atoms with Crippen molar-refractivity contribution in [3.63, 3.8) is 0 Å². The van der Waals surface area contributed by atoms with Gasteiger partial charge in [0.05, 0.1) is 26.4 Å². The lowest BCUT2D eigenvalue weighted by Gasteiger charge is -2.36. The summed E-state index contributed by atoms with van der Waals surface area (Å²) in [5.41, 5.74) is 0. The molecule has 0 radical (unpaired) electrons. The Hall–Kier alpha value is -0.650. The molecule has 100 valence electrons. The number of hydrogen-bond acceptors (Lipinski definition) is 5. The van der Waals surface area contributed by atoms with Gasteiger partial charge < -0.3 is 9.47 Å². The SMILES string of the molecule is COC(=O)CN(C)CC1CN(C(C)C)CCO1. The van der Waals surface area contributed by atoms with Crippen molar-refractivity contribution in [2.45, 2.75) is 26.0 Å². The number of esters is 1. The number of carbonyl (C=O) groups excluding carboxylic acids is 1. The molecule has 1 heterocycles. The average Bonchev–Trinajstić information content (AvgIpc) is 2.28. The number of nitrogens with zero attached hydrogens (tertiary/aromatic N) is 2. The molecular weight excluding hydrogens is 220 g/mol. The number of hydrogen-bond donors (Lipinski definition) is 0. The quantitative estimate of drug-likeness (QED) is 0.646. The third-order valence-corrected chi connectivity index (χ3v) is 3.04. The molecule has 5 nitrogen and oxygen atoms in total. The molecule has 1 atom stereocenters. The molecule has 1 aliphatic heterocycles. The molecule has 5 heteroatoms. The molecule has 1 aliphatic rings. The van der Waals surface area contributed by atoms with E-state index in [4.69, 9.17) is 4.74 Å². The minimum Gasteiger partial charge on any atom is -0.468 e. The monoisotopic (exact) mass is 244 g/mol. The summed E-state index contributed by atoms with van der Waals surface area (Å²) in [6, 6.07) is 0.548. The second-order valence-corrected chi connectivity index (χ2v) is 4.85. The summed E-state index contributed by atoms with van der Waals surface area (Å²) in [6.07, 6.45) is 0.181. The van der Waals surface area contributed by atoms with Crippen LogP contribution in [0, 0.1) is 0 Å². The third kappa shape index (κ3) is 5.02. The Morgan fingerprint density at radius 2 is 2.29 bits per heavy atom. The maximum Gasteiger partial charge on any atom is 0.319 e. The first-order valence-electron chi connectivity index (χ1n) is 6.14. The van der Waals surface area contributed by atoms with E-state index < -0.39 is 0 Å². The van der Waals surface area contributed by atoms with E-state index in [1.165, 1.54) is 7.11 Å². The molecule has 0 aromatic carbocycles. The highest BCUT2D eigenvalue weighted by Crippen LogP contribution is 2.09. The Labute approximate surface area is 104 Å². The number of methoxy groups -OCH3 is 1. The zero-order valence-electron chi connectivity index (χ0n) is 11.3. The Bertz CT molecular complexity index is 246. The molecule has 0 aromatic rings. The van der Waals surface area contributed by atoms with Gasteiger partial charge in [-0.1, -0.05) is 0 Å². The standard InChI is InChI=1S/C12H24N2O3/c1-10(2)14-5-6-17-11(8-14)7-13(3)9-12(15)16-4/h10-11H,5-9H2,1-4H3. The molecular formula is C12H24N2O3. The van der Waals surface area contributed by atoms with E-state index in [1.54, 1.807) is 0 Å². The van der Waals surface area contributed by atoms with Crippen molar-refractivity contribution in [3.8, 4) is 0 Å². The Kier molecular flexibility index (Phi) is 5.88. The molecule has 1 fully saturated rings. The molecule has 0 amide bonds. The highest BCUT2D eigenvalue weighted by Gasteiger charge is 2.23. The smallest absolute Gasteiger partial charge is 0.319 e. The third-order valence-electron chi connectivity index (χ3n) is 3.04. The molecule has 0 spiro atoms. The van der Waals surface area contributed by atoms with Crippen LogP contribution in [0.1, 0.15) is 13.8 Å². The van der Waals surface area contributed by atoms with Crippen molar-refractivity contribution in [2.24, 2.45) is 0 Å². The average molecular weight is 244 g/mol. The van der Waals surface area contributed by atoms with Gasteiger partial charge >= 0.3 is 5.97 Å². The molecule has 0 aromatic heterocycles. The lowest BCUT2D eigenvalue weighted by Crippen LogP contribution is -2.49. The topological polar surface area (TPSA) is 42.0 Å². The fourth-order valence-electron chi connectivity index (χ4n) is 2.02. The largest absolute Gasteiger partial charge is 0.468 e. The zero-order valence-corrected chi connectivity index (χ0v) is 11.3. The molecule has 1 rings (SSSR count). The van der Waals surface area contributed by atoms with Crippen molar-refractivity contribution in [1.82, 2.24) is 9.80 Å². The molecule has 17 heavy (non-hydrogen) atoms. The molecule has 0 saturated carbocycles. The minimum absolute atomic E-state index is 0.181. The van der Waals surface area contributed by atoms with Crippen LogP contribution >= 0.6 is 0 Å². The van der Waals surface area contributed by atoms with Crippen LogP contribution in [-0.2, 0) is 14.3 Å². The fraction of sp³-hybridized carbons (Fsp3) is 0.917. The lowest BCUT2D eigenvalue weighted by atomic mass is 10.2. The van der Waals surface area contributed by atoms with Crippen LogP contribution in [0.4, 0.5) is 0 Å². The Morgan fingerprint density at radius 3 is 2.88 bits per heavy atom. The van der Waals surface area contributed by atoms with Gasteiger partial charge in [-0.3, -0.25) is 14.6 Å². The maximum atomic E-state index is 11.1. The van der Waals surface area contributed by atoms with E-state index in [2.05, 4.69) is 23.5 Å². The van der Waals surface area contributed by atoms with Crippen molar-refractivity contribution in [2.75, 3.05) is 46.9 Å². The van der Waals surface area contributed by atoms with Crippen LogP contribution in [-0.4, -0.2) is 74.9 Å². The molecule has 1 saturated heterocycles. The van der Waals surface area contributed by atoms with Gasteiger partial charge in [-0.05, 0) is 20.9 Å². The summed E-state index contributed by atoms with van der Waals surface area (Å²) in [4.78, 5) is 15.5. The van der Waals surface area contributed by atoms with E-state index in [-0.39, 0.29) is 12.1 Å². The van der Waals surface area contributed by atoms with Crippen molar-refractivity contribution >= 4 is 5.97 Å². The van der Waals surface area contributed by atoms with Crippen LogP contribution in [0.3, 0.4) is 0 Å². The summed E-state index contributed by atoms with van der Waals surface area (Å²) in [5.74, 6) is -0.205. The van der Waals surface area contributed by atoms with Crippen LogP contribution in [0.25, 0.3) is 0 Å². The number of ether oxygens (including phenoxy) is 2. The fourth-order valence-corrected chi connectivity index (χ4v) is 2.02. The van der Waals surface area contributed by atoms with Crippen molar-refractivity contribution in [1.29, 1.82) is 0 Å². The summed E-state index contributed by atoms with van der Waals surface area (Å²) < 4.78 is 10.3. The van der Waals surface area contributed by atoms with E-state index in [0.29, 0.717) is 12.6 Å². The highest BCUT2D eigenvalue weighted by atomic mass is 16.5. The predicted octanol–water partition coefficient (Wildman–Crippen LogP) is 0.200. The second kappa shape index (κ2) is 6.93. The van der Waals surface area contributed by atoms with Crippen molar-refractivity contribution in [3.05, 3.63) is 0 Å². The van der Waals surface area contributed by atoms with E-state index >= 15 is 0 Å². The molecule has 0 N–H and O–H groups in total. The summed E-state index contributed by atoms with van der Waals surface area (Å²) >= 11 is 0.